The van der Waals surface area contributed by atoms with E-state index in [0.29, 0.717) is 17.5 Å². The van der Waals surface area contributed by atoms with Crippen LogP contribution in [-0.4, -0.2) is 13.7 Å². The molecule has 1 aliphatic rings. The Balaban J connectivity index is 1.94. The Kier molecular flexibility index (Phi) is 3.93. The second kappa shape index (κ2) is 5.86. The molecule has 0 amide bonds. The van der Waals surface area contributed by atoms with Gasteiger partial charge in [-0.25, -0.2) is 0 Å². The summed E-state index contributed by atoms with van der Waals surface area (Å²) in [6.45, 7) is 2.86. The predicted octanol–water partition coefficient (Wildman–Crippen LogP) is 4.53. The van der Waals surface area contributed by atoms with Crippen molar-refractivity contribution in [2.24, 2.45) is 5.92 Å². The zero-order valence-electron chi connectivity index (χ0n) is 12.1. The van der Waals surface area contributed by atoms with Gasteiger partial charge in [-0.05, 0) is 18.2 Å². The molecule has 4 heteroatoms. The first-order valence-corrected chi connectivity index (χ1v) is 7.38. The molecule has 1 aliphatic heterocycles. The Bertz CT molecular complexity index is 644. The van der Waals surface area contributed by atoms with E-state index in [2.05, 4.69) is 18.3 Å². The second-order valence-electron chi connectivity index (χ2n) is 5.29. The first-order chi connectivity index (χ1) is 10.2. The van der Waals surface area contributed by atoms with Gasteiger partial charge in [0.1, 0.15) is 11.5 Å². The van der Waals surface area contributed by atoms with Gasteiger partial charge < -0.3 is 14.8 Å². The maximum Gasteiger partial charge on any atom is 0.124 e. The Morgan fingerprint density at radius 2 is 2.05 bits per heavy atom. The standard InChI is InChI=1S/C17H18ClNO2/c1-11-10-21-16-6-4-3-5-13(16)17(11)19-15-9-12(20-2)7-8-14(15)18/h3-9,11,17,19H,10H2,1-2H3. The number of anilines is 1. The minimum absolute atomic E-state index is 0.166. The van der Waals surface area contributed by atoms with E-state index in [1.165, 1.54) is 0 Å². The molecule has 21 heavy (non-hydrogen) atoms. The van der Waals surface area contributed by atoms with Crippen molar-refractivity contribution >= 4 is 17.3 Å². The highest BCUT2D eigenvalue weighted by Crippen LogP contribution is 2.39. The van der Waals surface area contributed by atoms with Crippen LogP contribution in [0.1, 0.15) is 18.5 Å². The Morgan fingerprint density at radius 1 is 1.24 bits per heavy atom. The fourth-order valence-electron chi connectivity index (χ4n) is 2.62. The van der Waals surface area contributed by atoms with Gasteiger partial charge in [0.25, 0.3) is 0 Å². The second-order valence-corrected chi connectivity index (χ2v) is 5.70. The van der Waals surface area contributed by atoms with E-state index in [9.17, 15) is 0 Å². The quantitative estimate of drug-likeness (QED) is 0.903. The van der Waals surface area contributed by atoms with Gasteiger partial charge in [0.2, 0.25) is 0 Å². The molecule has 0 aliphatic carbocycles. The topological polar surface area (TPSA) is 30.5 Å². The van der Waals surface area contributed by atoms with Crippen molar-refractivity contribution in [2.45, 2.75) is 13.0 Å². The van der Waals surface area contributed by atoms with Crippen LogP contribution in [0.25, 0.3) is 0 Å². The largest absolute Gasteiger partial charge is 0.497 e. The molecule has 2 aromatic rings. The average Bonchev–Trinajstić information content (AvgIpc) is 2.52. The molecule has 0 bridgehead atoms. The van der Waals surface area contributed by atoms with Crippen LogP contribution in [0.5, 0.6) is 11.5 Å². The molecule has 0 fully saturated rings. The van der Waals surface area contributed by atoms with Crippen molar-refractivity contribution in [1.29, 1.82) is 0 Å². The van der Waals surface area contributed by atoms with Crippen molar-refractivity contribution in [3.63, 3.8) is 0 Å². The van der Waals surface area contributed by atoms with E-state index in [0.717, 1.165) is 22.7 Å². The number of nitrogens with one attached hydrogen (secondary N) is 1. The fraction of sp³-hybridized carbons (Fsp3) is 0.294. The van der Waals surface area contributed by atoms with Crippen LogP contribution in [0.15, 0.2) is 42.5 Å². The molecule has 0 saturated heterocycles. The van der Waals surface area contributed by atoms with Gasteiger partial charge in [-0.3, -0.25) is 0 Å². The van der Waals surface area contributed by atoms with E-state index in [-0.39, 0.29) is 6.04 Å². The molecule has 1 N–H and O–H groups in total. The molecule has 1 heterocycles. The van der Waals surface area contributed by atoms with Crippen LogP contribution < -0.4 is 14.8 Å². The van der Waals surface area contributed by atoms with E-state index in [1.807, 2.05) is 36.4 Å². The molecule has 0 saturated carbocycles. The number of fused-ring (bicyclic) bond motifs is 1. The molecule has 0 spiro atoms. The summed E-state index contributed by atoms with van der Waals surface area (Å²) in [6.07, 6.45) is 0. The predicted molar refractivity (Wildman–Crippen MR) is 85.5 cm³/mol. The molecule has 3 rings (SSSR count). The third-order valence-electron chi connectivity index (χ3n) is 3.81. The van der Waals surface area contributed by atoms with Gasteiger partial charge >= 0.3 is 0 Å². The molecule has 0 radical (unpaired) electrons. The molecule has 2 aromatic carbocycles. The minimum Gasteiger partial charge on any atom is -0.497 e. The van der Waals surface area contributed by atoms with Crippen molar-refractivity contribution in [3.8, 4) is 11.5 Å². The van der Waals surface area contributed by atoms with Crippen LogP contribution in [-0.2, 0) is 0 Å². The summed E-state index contributed by atoms with van der Waals surface area (Å²) in [7, 11) is 1.65. The van der Waals surface area contributed by atoms with Crippen LogP contribution in [0, 0.1) is 5.92 Å². The summed E-state index contributed by atoms with van der Waals surface area (Å²) in [5.41, 5.74) is 2.04. The lowest BCUT2D eigenvalue weighted by Crippen LogP contribution is -2.28. The summed E-state index contributed by atoms with van der Waals surface area (Å²) in [4.78, 5) is 0. The molecule has 2 unspecified atom stereocenters. The first-order valence-electron chi connectivity index (χ1n) is 7.01. The van der Waals surface area contributed by atoms with Crippen LogP contribution in [0.3, 0.4) is 0 Å². The number of halogens is 1. The van der Waals surface area contributed by atoms with Crippen molar-refractivity contribution in [2.75, 3.05) is 19.0 Å². The van der Waals surface area contributed by atoms with Gasteiger partial charge in [0.15, 0.2) is 0 Å². The number of rotatable bonds is 3. The molecule has 2 atom stereocenters. The summed E-state index contributed by atoms with van der Waals surface area (Å²) in [6, 6.07) is 13.9. The lowest BCUT2D eigenvalue weighted by Gasteiger charge is -2.33. The first kappa shape index (κ1) is 14.1. The van der Waals surface area contributed by atoms with Crippen LogP contribution >= 0.6 is 11.6 Å². The molecular weight excluding hydrogens is 286 g/mol. The monoisotopic (exact) mass is 303 g/mol. The number of hydrogen-bond acceptors (Lipinski definition) is 3. The van der Waals surface area contributed by atoms with E-state index in [1.54, 1.807) is 7.11 Å². The summed E-state index contributed by atoms with van der Waals surface area (Å²) < 4.78 is 11.1. The van der Waals surface area contributed by atoms with Crippen LogP contribution in [0.4, 0.5) is 5.69 Å². The summed E-state index contributed by atoms with van der Waals surface area (Å²) >= 11 is 6.30. The minimum atomic E-state index is 0.166. The van der Waals surface area contributed by atoms with Gasteiger partial charge in [-0.1, -0.05) is 36.7 Å². The average molecular weight is 304 g/mol. The van der Waals surface area contributed by atoms with Gasteiger partial charge in [0.05, 0.1) is 30.5 Å². The van der Waals surface area contributed by atoms with Gasteiger partial charge in [-0.2, -0.15) is 0 Å². The van der Waals surface area contributed by atoms with E-state index < -0.39 is 0 Å². The van der Waals surface area contributed by atoms with Gasteiger partial charge in [0, 0.05) is 17.5 Å². The SMILES string of the molecule is COc1ccc(Cl)c(NC2c3ccccc3OCC2C)c1. The molecular formula is C17H18ClNO2. The van der Waals surface area contributed by atoms with Crippen molar-refractivity contribution in [3.05, 3.63) is 53.1 Å². The fourth-order valence-corrected chi connectivity index (χ4v) is 2.79. The van der Waals surface area contributed by atoms with Gasteiger partial charge in [-0.15, -0.1) is 0 Å². The highest BCUT2D eigenvalue weighted by Gasteiger charge is 2.28. The molecule has 0 aromatic heterocycles. The number of benzene rings is 2. The van der Waals surface area contributed by atoms with Crippen molar-refractivity contribution < 1.29 is 9.47 Å². The van der Waals surface area contributed by atoms with Crippen LogP contribution in [0.2, 0.25) is 5.02 Å². The Hall–Kier alpha value is -1.87. The molecule has 3 nitrogen and oxygen atoms in total. The molecule has 110 valence electrons. The number of para-hydroxylation sites is 1. The summed E-state index contributed by atoms with van der Waals surface area (Å²) in [5.74, 6) is 2.07. The normalized spacial score (nSPS) is 20.3. The Labute approximate surface area is 129 Å². The Morgan fingerprint density at radius 3 is 2.86 bits per heavy atom. The number of hydrogen-bond donors (Lipinski definition) is 1. The lowest BCUT2D eigenvalue weighted by molar-refractivity contribution is 0.214. The third-order valence-corrected chi connectivity index (χ3v) is 4.14. The zero-order valence-corrected chi connectivity index (χ0v) is 12.9. The van der Waals surface area contributed by atoms with E-state index >= 15 is 0 Å². The highest BCUT2D eigenvalue weighted by molar-refractivity contribution is 6.33. The number of methoxy groups -OCH3 is 1. The number of ether oxygens (including phenoxy) is 2. The smallest absolute Gasteiger partial charge is 0.124 e. The van der Waals surface area contributed by atoms with E-state index in [4.69, 9.17) is 21.1 Å². The lowest BCUT2D eigenvalue weighted by atomic mass is 9.92. The maximum atomic E-state index is 6.30. The third kappa shape index (κ3) is 2.79. The highest BCUT2D eigenvalue weighted by atomic mass is 35.5. The zero-order chi connectivity index (χ0) is 14.8. The maximum absolute atomic E-state index is 6.30. The van der Waals surface area contributed by atoms with Crippen molar-refractivity contribution in [1.82, 2.24) is 0 Å². The summed E-state index contributed by atoms with van der Waals surface area (Å²) in [5, 5.41) is 4.22.